The Hall–Kier alpha value is -1.98. The summed E-state index contributed by atoms with van der Waals surface area (Å²) in [5.41, 5.74) is 0.433. The van der Waals surface area contributed by atoms with Crippen molar-refractivity contribution < 1.29 is 9.59 Å². The zero-order valence-electron chi connectivity index (χ0n) is 8.72. The van der Waals surface area contributed by atoms with Crippen LogP contribution in [-0.4, -0.2) is 41.8 Å². The quantitative estimate of drug-likeness (QED) is 0.687. The average Bonchev–Trinajstić information content (AvgIpc) is 2.54. The van der Waals surface area contributed by atoms with E-state index in [-0.39, 0.29) is 12.5 Å². The smallest absolute Gasteiger partial charge is 0.239 e. The summed E-state index contributed by atoms with van der Waals surface area (Å²) in [7, 11) is 0. The van der Waals surface area contributed by atoms with Gasteiger partial charge in [0, 0.05) is 25.5 Å². The van der Waals surface area contributed by atoms with Gasteiger partial charge in [0.05, 0.1) is 12.1 Å². The first kappa shape index (κ1) is 10.5. The molecule has 0 radical (unpaired) electrons. The molecule has 6 heteroatoms. The molecule has 2 heterocycles. The molecule has 84 valence electrons. The van der Waals surface area contributed by atoms with Gasteiger partial charge in [-0.2, -0.15) is 0 Å². The van der Waals surface area contributed by atoms with E-state index >= 15 is 0 Å². The van der Waals surface area contributed by atoms with Crippen LogP contribution in [0.2, 0.25) is 0 Å². The third-order valence-electron chi connectivity index (χ3n) is 2.34. The molecule has 0 spiro atoms. The number of aldehydes is 1. The molecule has 6 nitrogen and oxygen atoms in total. The third kappa shape index (κ3) is 2.33. The van der Waals surface area contributed by atoms with Crippen LogP contribution in [0.4, 0.5) is 5.95 Å². The van der Waals surface area contributed by atoms with E-state index in [1.54, 1.807) is 4.90 Å². The zero-order valence-corrected chi connectivity index (χ0v) is 8.72. The Bertz CT molecular complexity index is 390. The summed E-state index contributed by atoms with van der Waals surface area (Å²) in [5, 5.41) is 2.77. The van der Waals surface area contributed by atoms with Gasteiger partial charge < -0.3 is 10.2 Å². The fourth-order valence-corrected chi connectivity index (χ4v) is 1.53. The Morgan fingerprint density at radius 3 is 2.81 bits per heavy atom. The predicted molar refractivity (Wildman–Crippen MR) is 57.3 cm³/mol. The fourth-order valence-electron chi connectivity index (χ4n) is 1.53. The molecule has 0 aliphatic carbocycles. The predicted octanol–water partition coefficient (Wildman–Crippen LogP) is -0.385. The maximum atomic E-state index is 11.3. The molecule has 1 aliphatic rings. The molecule has 16 heavy (non-hydrogen) atoms. The van der Waals surface area contributed by atoms with Gasteiger partial charge in [0.2, 0.25) is 11.9 Å². The lowest BCUT2D eigenvalue weighted by Gasteiger charge is -2.18. The molecule has 1 amide bonds. The second-order valence-corrected chi connectivity index (χ2v) is 3.56. The van der Waals surface area contributed by atoms with E-state index in [0.717, 1.165) is 13.0 Å². The Morgan fingerprint density at radius 2 is 2.12 bits per heavy atom. The highest BCUT2D eigenvalue weighted by atomic mass is 16.2. The number of nitrogens with zero attached hydrogens (tertiary/aromatic N) is 3. The van der Waals surface area contributed by atoms with Crippen molar-refractivity contribution in [1.82, 2.24) is 15.3 Å². The molecule has 1 aliphatic heterocycles. The molecular formula is C10H12N4O2. The van der Waals surface area contributed by atoms with Gasteiger partial charge in [-0.05, 0) is 6.42 Å². The molecule has 2 rings (SSSR count). The van der Waals surface area contributed by atoms with Gasteiger partial charge in [-0.15, -0.1) is 0 Å². The SMILES string of the molecule is O=Cc1cnc(N2CCCNC(=O)C2)nc1. The Kier molecular flexibility index (Phi) is 3.09. The van der Waals surface area contributed by atoms with Crippen LogP contribution in [0.5, 0.6) is 0 Å². The van der Waals surface area contributed by atoms with Crippen molar-refractivity contribution in [3.63, 3.8) is 0 Å². The van der Waals surface area contributed by atoms with Crippen LogP contribution < -0.4 is 10.2 Å². The third-order valence-corrected chi connectivity index (χ3v) is 2.34. The number of nitrogens with one attached hydrogen (secondary N) is 1. The summed E-state index contributed by atoms with van der Waals surface area (Å²) >= 11 is 0. The molecule has 1 fully saturated rings. The fraction of sp³-hybridized carbons (Fsp3) is 0.400. The number of rotatable bonds is 2. The molecule has 0 atom stereocenters. The lowest BCUT2D eigenvalue weighted by atomic mass is 10.4. The van der Waals surface area contributed by atoms with E-state index in [9.17, 15) is 9.59 Å². The number of carbonyl (C=O) groups excluding carboxylic acids is 2. The first-order valence-corrected chi connectivity index (χ1v) is 5.08. The summed E-state index contributed by atoms with van der Waals surface area (Å²) in [5.74, 6) is 0.461. The van der Waals surface area contributed by atoms with E-state index in [0.29, 0.717) is 24.3 Å². The van der Waals surface area contributed by atoms with Crippen LogP contribution in [-0.2, 0) is 4.79 Å². The number of aromatic nitrogens is 2. The van der Waals surface area contributed by atoms with Crippen molar-refractivity contribution in [1.29, 1.82) is 0 Å². The molecule has 1 N–H and O–H groups in total. The number of anilines is 1. The van der Waals surface area contributed by atoms with Crippen molar-refractivity contribution in [2.45, 2.75) is 6.42 Å². The van der Waals surface area contributed by atoms with Gasteiger partial charge in [-0.3, -0.25) is 9.59 Å². The highest BCUT2D eigenvalue weighted by molar-refractivity contribution is 5.81. The number of hydrogen-bond acceptors (Lipinski definition) is 5. The van der Waals surface area contributed by atoms with Gasteiger partial charge in [-0.1, -0.05) is 0 Å². The lowest BCUT2D eigenvalue weighted by molar-refractivity contribution is -0.119. The van der Waals surface area contributed by atoms with Crippen LogP contribution in [0, 0.1) is 0 Å². The molecule has 1 aromatic heterocycles. The van der Waals surface area contributed by atoms with Crippen molar-refractivity contribution >= 4 is 18.1 Å². The molecular weight excluding hydrogens is 208 g/mol. The van der Waals surface area contributed by atoms with E-state index < -0.39 is 0 Å². The minimum absolute atomic E-state index is 0.0273. The molecule has 0 aromatic carbocycles. The average molecular weight is 220 g/mol. The maximum Gasteiger partial charge on any atom is 0.239 e. The summed E-state index contributed by atoms with van der Waals surface area (Å²) in [6, 6.07) is 0. The summed E-state index contributed by atoms with van der Waals surface area (Å²) in [4.78, 5) is 31.7. The normalized spacial score (nSPS) is 16.5. The second-order valence-electron chi connectivity index (χ2n) is 3.56. The Morgan fingerprint density at radius 1 is 1.38 bits per heavy atom. The van der Waals surface area contributed by atoms with Gasteiger partial charge in [0.25, 0.3) is 0 Å². The lowest BCUT2D eigenvalue weighted by Crippen LogP contribution is -2.34. The van der Waals surface area contributed by atoms with Gasteiger partial charge in [-0.25, -0.2) is 9.97 Å². The van der Waals surface area contributed by atoms with Gasteiger partial charge in [0.15, 0.2) is 6.29 Å². The molecule has 0 saturated carbocycles. The maximum absolute atomic E-state index is 11.3. The first-order valence-electron chi connectivity index (χ1n) is 5.08. The summed E-state index contributed by atoms with van der Waals surface area (Å²) in [6.07, 6.45) is 4.47. The number of amides is 1. The molecule has 0 unspecified atom stereocenters. The van der Waals surface area contributed by atoms with E-state index in [2.05, 4.69) is 15.3 Å². The summed E-state index contributed by atoms with van der Waals surface area (Å²) in [6.45, 7) is 1.68. The van der Waals surface area contributed by atoms with Crippen molar-refractivity contribution in [2.24, 2.45) is 0 Å². The van der Waals surface area contributed by atoms with Crippen molar-refractivity contribution in [2.75, 3.05) is 24.5 Å². The summed E-state index contributed by atoms with van der Waals surface area (Å²) < 4.78 is 0. The van der Waals surface area contributed by atoms with Crippen molar-refractivity contribution in [3.8, 4) is 0 Å². The largest absolute Gasteiger partial charge is 0.354 e. The Balaban J connectivity index is 2.15. The highest BCUT2D eigenvalue weighted by Crippen LogP contribution is 2.08. The molecule has 1 saturated heterocycles. The highest BCUT2D eigenvalue weighted by Gasteiger charge is 2.16. The van der Waals surface area contributed by atoms with Crippen LogP contribution in [0.25, 0.3) is 0 Å². The van der Waals surface area contributed by atoms with E-state index in [1.807, 2.05) is 0 Å². The Labute approximate surface area is 92.7 Å². The van der Waals surface area contributed by atoms with E-state index in [1.165, 1.54) is 12.4 Å². The number of carbonyl (C=O) groups is 2. The van der Waals surface area contributed by atoms with Crippen molar-refractivity contribution in [3.05, 3.63) is 18.0 Å². The topological polar surface area (TPSA) is 75.2 Å². The molecule has 0 bridgehead atoms. The second kappa shape index (κ2) is 4.69. The van der Waals surface area contributed by atoms with E-state index in [4.69, 9.17) is 0 Å². The van der Waals surface area contributed by atoms with Crippen LogP contribution in [0.1, 0.15) is 16.8 Å². The van der Waals surface area contributed by atoms with Gasteiger partial charge in [0.1, 0.15) is 0 Å². The monoisotopic (exact) mass is 220 g/mol. The minimum Gasteiger partial charge on any atom is -0.354 e. The van der Waals surface area contributed by atoms with Gasteiger partial charge >= 0.3 is 0 Å². The minimum atomic E-state index is -0.0273. The standard InChI is InChI=1S/C10H12N4O2/c15-7-8-4-12-10(13-5-8)14-3-1-2-11-9(16)6-14/h4-5,7H,1-3,6H2,(H,11,16). The zero-order chi connectivity index (χ0) is 11.4. The van der Waals surface area contributed by atoms with Crippen LogP contribution >= 0.6 is 0 Å². The van der Waals surface area contributed by atoms with Crippen LogP contribution in [0.3, 0.4) is 0 Å². The molecule has 1 aromatic rings. The first-order chi connectivity index (χ1) is 7.79. The van der Waals surface area contributed by atoms with Crippen LogP contribution in [0.15, 0.2) is 12.4 Å². The number of hydrogen-bond donors (Lipinski definition) is 1.